The standard InChI is InChI=1S/C18H19N3OS/c1-12-9-13(2)20-18(16(12)10-19)23-11-17(22)21-14(3)15-7-5-4-6-8-15/h4-9,14H,11H2,1-3H3,(H,21,22)/t14-/m1/s1. The molecular weight excluding hydrogens is 306 g/mol. The Morgan fingerprint density at radius 1 is 1.35 bits per heavy atom. The topological polar surface area (TPSA) is 65.8 Å². The minimum Gasteiger partial charge on any atom is -0.349 e. The summed E-state index contributed by atoms with van der Waals surface area (Å²) in [5, 5.41) is 12.8. The number of benzene rings is 1. The van der Waals surface area contributed by atoms with Crippen LogP contribution >= 0.6 is 11.8 Å². The van der Waals surface area contributed by atoms with Gasteiger partial charge in [0.05, 0.1) is 17.4 Å². The first-order valence-corrected chi connectivity index (χ1v) is 8.35. The van der Waals surface area contributed by atoms with E-state index in [4.69, 9.17) is 0 Å². The van der Waals surface area contributed by atoms with Crippen molar-refractivity contribution in [1.29, 1.82) is 5.26 Å². The molecule has 0 saturated heterocycles. The molecule has 0 spiro atoms. The summed E-state index contributed by atoms with van der Waals surface area (Å²) in [5.41, 5.74) is 3.35. The summed E-state index contributed by atoms with van der Waals surface area (Å²) in [7, 11) is 0. The fourth-order valence-electron chi connectivity index (χ4n) is 2.29. The Morgan fingerprint density at radius 3 is 2.70 bits per heavy atom. The van der Waals surface area contributed by atoms with E-state index in [0.29, 0.717) is 10.6 Å². The van der Waals surface area contributed by atoms with Crippen molar-refractivity contribution in [3.05, 3.63) is 58.8 Å². The van der Waals surface area contributed by atoms with Gasteiger partial charge in [0.25, 0.3) is 0 Å². The second kappa shape index (κ2) is 7.80. The van der Waals surface area contributed by atoms with E-state index in [1.165, 1.54) is 11.8 Å². The monoisotopic (exact) mass is 325 g/mol. The maximum absolute atomic E-state index is 12.1. The zero-order valence-electron chi connectivity index (χ0n) is 13.5. The van der Waals surface area contributed by atoms with Gasteiger partial charge in [-0.2, -0.15) is 5.26 Å². The van der Waals surface area contributed by atoms with Crippen molar-refractivity contribution in [2.24, 2.45) is 0 Å². The van der Waals surface area contributed by atoms with Gasteiger partial charge in [-0.25, -0.2) is 4.98 Å². The quantitative estimate of drug-likeness (QED) is 0.854. The molecule has 0 aliphatic rings. The van der Waals surface area contributed by atoms with Gasteiger partial charge in [0.1, 0.15) is 11.1 Å². The van der Waals surface area contributed by atoms with Gasteiger partial charge in [-0.1, -0.05) is 42.1 Å². The maximum Gasteiger partial charge on any atom is 0.230 e. The highest BCUT2D eigenvalue weighted by Gasteiger charge is 2.13. The zero-order valence-corrected chi connectivity index (χ0v) is 14.3. The van der Waals surface area contributed by atoms with Gasteiger partial charge in [0.15, 0.2) is 0 Å². The van der Waals surface area contributed by atoms with Gasteiger partial charge >= 0.3 is 0 Å². The Labute approximate surface area is 140 Å². The van der Waals surface area contributed by atoms with Crippen LogP contribution < -0.4 is 5.32 Å². The van der Waals surface area contributed by atoms with Crippen molar-refractivity contribution in [3.63, 3.8) is 0 Å². The van der Waals surface area contributed by atoms with Crippen molar-refractivity contribution < 1.29 is 4.79 Å². The van der Waals surface area contributed by atoms with E-state index >= 15 is 0 Å². The van der Waals surface area contributed by atoms with Crippen LogP contribution in [0.3, 0.4) is 0 Å². The van der Waals surface area contributed by atoms with E-state index in [1.54, 1.807) is 0 Å². The van der Waals surface area contributed by atoms with Crippen molar-refractivity contribution in [2.45, 2.75) is 31.8 Å². The van der Waals surface area contributed by atoms with E-state index in [1.807, 2.05) is 57.2 Å². The number of nitrogens with zero attached hydrogens (tertiary/aromatic N) is 2. The normalized spacial score (nSPS) is 11.6. The van der Waals surface area contributed by atoms with Crippen LogP contribution in [0.1, 0.15) is 35.3 Å². The number of nitriles is 1. The number of carbonyl (C=O) groups excluding carboxylic acids is 1. The van der Waals surface area contributed by atoms with Crippen LogP contribution in [0.5, 0.6) is 0 Å². The number of carbonyl (C=O) groups is 1. The van der Waals surface area contributed by atoms with Gasteiger partial charge in [-0.05, 0) is 38.0 Å². The number of rotatable bonds is 5. The summed E-state index contributed by atoms with van der Waals surface area (Å²) in [6.07, 6.45) is 0. The fourth-order valence-corrected chi connectivity index (χ4v) is 3.20. The Bertz CT molecular complexity index is 738. The van der Waals surface area contributed by atoms with Crippen molar-refractivity contribution >= 4 is 17.7 Å². The van der Waals surface area contributed by atoms with Crippen molar-refractivity contribution in [3.8, 4) is 6.07 Å². The number of aryl methyl sites for hydroxylation is 2. The molecule has 1 aromatic heterocycles. The molecule has 0 unspecified atom stereocenters. The lowest BCUT2D eigenvalue weighted by Gasteiger charge is -2.14. The molecule has 1 N–H and O–H groups in total. The molecule has 1 amide bonds. The average molecular weight is 325 g/mol. The van der Waals surface area contributed by atoms with Crippen molar-refractivity contribution in [1.82, 2.24) is 10.3 Å². The average Bonchev–Trinajstić information content (AvgIpc) is 2.53. The molecule has 118 valence electrons. The number of amides is 1. The van der Waals surface area contributed by atoms with Crippen LogP contribution in [0.15, 0.2) is 41.4 Å². The second-order valence-electron chi connectivity index (χ2n) is 5.36. The van der Waals surface area contributed by atoms with E-state index < -0.39 is 0 Å². The van der Waals surface area contributed by atoms with Crippen LogP contribution in [-0.2, 0) is 4.79 Å². The third kappa shape index (κ3) is 4.57. The Hall–Kier alpha value is -2.32. The molecule has 0 bridgehead atoms. The SMILES string of the molecule is Cc1cc(C)c(C#N)c(SCC(=O)N[C@H](C)c2ccccc2)n1. The summed E-state index contributed by atoms with van der Waals surface area (Å²) in [5.74, 6) is 0.165. The molecule has 1 atom stereocenters. The molecule has 23 heavy (non-hydrogen) atoms. The van der Waals surface area contributed by atoms with E-state index in [9.17, 15) is 10.1 Å². The second-order valence-corrected chi connectivity index (χ2v) is 6.33. The number of hydrogen-bond donors (Lipinski definition) is 1. The molecule has 0 fully saturated rings. The molecule has 2 rings (SSSR count). The van der Waals surface area contributed by atoms with Crippen LogP contribution in [0.2, 0.25) is 0 Å². The number of pyridine rings is 1. The lowest BCUT2D eigenvalue weighted by molar-refractivity contribution is -0.119. The molecule has 0 radical (unpaired) electrons. The minimum atomic E-state index is -0.0730. The number of nitrogens with one attached hydrogen (secondary N) is 1. The predicted octanol–water partition coefficient (Wildman–Crippen LogP) is 3.54. The maximum atomic E-state index is 12.1. The first-order valence-electron chi connectivity index (χ1n) is 7.36. The highest BCUT2D eigenvalue weighted by atomic mass is 32.2. The van der Waals surface area contributed by atoms with Crippen LogP contribution in [0.25, 0.3) is 0 Å². The number of aromatic nitrogens is 1. The van der Waals surface area contributed by atoms with Crippen LogP contribution in [-0.4, -0.2) is 16.6 Å². The molecule has 4 nitrogen and oxygen atoms in total. The van der Waals surface area contributed by atoms with Crippen LogP contribution in [0, 0.1) is 25.2 Å². The lowest BCUT2D eigenvalue weighted by atomic mass is 10.1. The van der Waals surface area contributed by atoms with Gasteiger partial charge in [0, 0.05) is 5.69 Å². The van der Waals surface area contributed by atoms with E-state index in [-0.39, 0.29) is 17.7 Å². The third-order valence-electron chi connectivity index (χ3n) is 3.44. The Morgan fingerprint density at radius 2 is 2.04 bits per heavy atom. The molecule has 1 heterocycles. The zero-order chi connectivity index (χ0) is 16.8. The summed E-state index contributed by atoms with van der Waals surface area (Å²) < 4.78 is 0. The van der Waals surface area contributed by atoms with Gasteiger partial charge in [-0.15, -0.1) is 0 Å². The molecule has 2 aromatic rings. The molecule has 0 aliphatic heterocycles. The molecule has 0 aliphatic carbocycles. The lowest BCUT2D eigenvalue weighted by Crippen LogP contribution is -2.28. The summed E-state index contributed by atoms with van der Waals surface area (Å²) in [6.45, 7) is 5.72. The smallest absolute Gasteiger partial charge is 0.230 e. The third-order valence-corrected chi connectivity index (χ3v) is 4.42. The molecule has 0 saturated carbocycles. The molecular formula is C18H19N3OS. The first kappa shape index (κ1) is 17.0. The summed E-state index contributed by atoms with van der Waals surface area (Å²) >= 11 is 1.30. The van der Waals surface area contributed by atoms with E-state index in [0.717, 1.165) is 16.8 Å². The van der Waals surface area contributed by atoms with Crippen molar-refractivity contribution in [2.75, 3.05) is 5.75 Å². The highest BCUT2D eigenvalue weighted by Crippen LogP contribution is 2.23. The van der Waals surface area contributed by atoms with E-state index in [2.05, 4.69) is 16.4 Å². The molecule has 5 heteroatoms. The number of thioether (sulfide) groups is 1. The number of hydrogen-bond acceptors (Lipinski definition) is 4. The summed E-state index contributed by atoms with van der Waals surface area (Å²) in [6, 6.07) is 13.8. The fraction of sp³-hybridized carbons (Fsp3) is 0.278. The summed E-state index contributed by atoms with van der Waals surface area (Å²) in [4.78, 5) is 16.5. The first-order chi connectivity index (χ1) is 11.0. The Kier molecular flexibility index (Phi) is 5.78. The molecule has 1 aromatic carbocycles. The van der Waals surface area contributed by atoms with Gasteiger partial charge in [0.2, 0.25) is 5.91 Å². The minimum absolute atomic E-state index is 0.0491. The highest BCUT2D eigenvalue weighted by molar-refractivity contribution is 8.00. The van der Waals surface area contributed by atoms with Crippen LogP contribution in [0.4, 0.5) is 0 Å². The largest absolute Gasteiger partial charge is 0.349 e. The van der Waals surface area contributed by atoms with Gasteiger partial charge < -0.3 is 5.32 Å². The predicted molar refractivity (Wildman–Crippen MR) is 92.1 cm³/mol. The van der Waals surface area contributed by atoms with Gasteiger partial charge in [-0.3, -0.25) is 4.79 Å². The Balaban J connectivity index is 1.99.